The largest absolute Gasteiger partial charge is 0.367 e. The highest BCUT2D eigenvalue weighted by molar-refractivity contribution is 8.27. The number of rotatable bonds is 3. The number of aryl methyl sites for hydroxylation is 1. The number of hydrogen-bond acceptors (Lipinski definition) is 7. The first-order valence-electron chi connectivity index (χ1n) is 10.1. The van der Waals surface area contributed by atoms with Gasteiger partial charge in [-0.1, -0.05) is 36.9 Å². The zero-order chi connectivity index (χ0) is 20.0. The summed E-state index contributed by atoms with van der Waals surface area (Å²) in [7, 11) is 0. The average molecular weight is 406 g/mol. The van der Waals surface area contributed by atoms with Crippen molar-refractivity contribution in [3.05, 3.63) is 47.9 Å². The van der Waals surface area contributed by atoms with E-state index in [0.717, 1.165) is 59.7 Å². The van der Waals surface area contributed by atoms with E-state index in [-0.39, 0.29) is 5.78 Å². The maximum Gasteiger partial charge on any atom is 0.190 e. The number of anilines is 1. The lowest BCUT2D eigenvalue weighted by Gasteiger charge is -2.38. The van der Waals surface area contributed by atoms with Gasteiger partial charge < -0.3 is 9.80 Å². The van der Waals surface area contributed by atoms with E-state index in [2.05, 4.69) is 51.0 Å². The number of benzene rings is 1. The second-order valence-electron chi connectivity index (χ2n) is 7.51. The van der Waals surface area contributed by atoms with Gasteiger partial charge in [-0.15, -0.1) is 0 Å². The van der Waals surface area contributed by atoms with Crippen LogP contribution in [0.3, 0.4) is 0 Å². The van der Waals surface area contributed by atoms with Gasteiger partial charge in [-0.3, -0.25) is 14.8 Å². The molecule has 1 atom stereocenters. The molecule has 1 aromatic carbocycles. The van der Waals surface area contributed by atoms with E-state index in [1.807, 2.05) is 13.0 Å². The maximum absolute atomic E-state index is 12.5. The third kappa shape index (κ3) is 3.33. The summed E-state index contributed by atoms with van der Waals surface area (Å²) in [5, 5.41) is 3.03. The minimum absolute atomic E-state index is 0.0548. The van der Waals surface area contributed by atoms with E-state index >= 15 is 0 Å². The summed E-state index contributed by atoms with van der Waals surface area (Å²) >= 11 is 1.56. The smallest absolute Gasteiger partial charge is 0.190 e. The lowest BCUT2D eigenvalue weighted by atomic mass is 10.1. The molecule has 0 N–H and O–H groups in total. The van der Waals surface area contributed by atoms with E-state index in [1.165, 1.54) is 11.1 Å². The highest BCUT2D eigenvalue weighted by atomic mass is 32.2. The molecule has 3 aliphatic rings. The van der Waals surface area contributed by atoms with Crippen LogP contribution in [0.25, 0.3) is 10.9 Å². The van der Waals surface area contributed by atoms with E-state index in [1.54, 1.807) is 17.8 Å². The number of aliphatic imine (C=N–C) groups is 2. The van der Waals surface area contributed by atoms with Crippen molar-refractivity contribution in [3.8, 4) is 0 Å². The first-order valence-corrected chi connectivity index (χ1v) is 10.9. The number of ketones is 1. The number of thioether (sulfide) groups is 1. The average Bonchev–Trinajstić information content (AvgIpc) is 3.17. The van der Waals surface area contributed by atoms with Crippen molar-refractivity contribution in [2.45, 2.75) is 26.3 Å². The normalized spacial score (nSPS) is 21.8. The molecule has 0 amide bonds. The molecule has 1 aromatic heterocycles. The van der Waals surface area contributed by atoms with Crippen LogP contribution >= 0.6 is 11.8 Å². The molecular formula is C22H23N5OS. The lowest BCUT2D eigenvalue weighted by molar-refractivity contribution is -0.114. The molecule has 1 saturated heterocycles. The van der Waals surface area contributed by atoms with Crippen molar-refractivity contribution >= 4 is 44.2 Å². The van der Waals surface area contributed by atoms with Crippen LogP contribution in [0.5, 0.6) is 0 Å². The first kappa shape index (κ1) is 18.4. The van der Waals surface area contributed by atoms with Crippen LogP contribution < -0.4 is 4.90 Å². The molecule has 148 valence electrons. The van der Waals surface area contributed by atoms with Crippen LogP contribution in [-0.2, 0) is 4.79 Å². The Bertz CT molecular complexity index is 1080. The molecule has 5 rings (SSSR count). The summed E-state index contributed by atoms with van der Waals surface area (Å²) in [5.74, 6) is 0.843. The molecule has 0 radical (unpaired) electrons. The summed E-state index contributed by atoms with van der Waals surface area (Å²) in [4.78, 5) is 31.1. The quantitative estimate of drug-likeness (QED) is 0.783. The van der Waals surface area contributed by atoms with E-state index < -0.39 is 6.04 Å². The van der Waals surface area contributed by atoms with Crippen molar-refractivity contribution < 1.29 is 4.79 Å². The molecule has 0 spiro atoms. The summed E-state index contributed by atoms with van der Waals surface area (Å²) in [6.07, 6.45) is 2.53. The monoisotopic (exact) mass is 405 g/mol. The Morgan fingerprint density at radius 3 is 2.69 bits per heavy atom. The van der Waals surface area contributed by atoms with Gasteiger partial charge >= 0.3 is 0 Å². The first-order chi connectivity index (χ1) is 14.1. The Morgan fingerprint density at radius 1 is 1.14 bits per heavy atom. The highest BCUT2D eigenvalue weighted by Crippen LogP contribution is 2.31. The molecular weight excluding hydrogens is 382 g/mol. The number of fused-ring (bicyclic) bond motifs is 2. The fraction of sp³-hybridized carbons (Fsp3) is 0.364. The Labute approximate surface area is 174 Å². The predicted molar refractivity (Wildman–Crippen MR) is 120 cm³/mol. The Morgan fingerprint density at radius 2 is 1.90 bits per heavy atom. The number of carbonyl (C=O) groups excluding carboxylic acids is 1. The van der Waals surface area contributed by atoms with Gasteiger partial charge in [0.25, 0.3) is 0 Å². The minimum Gasteiger partial charge on any atom is -0.367 e. The van der Waals surface area contributed by atoms with Gasteiger partial charge in [0, 0.05) is 49.0 Å². The number of hydrogen-bond donors (Lipinski definition) is 0. The van der Waals surface area contributed by atoms with E-state index in [9.17, 15) is 4.79 Å². The third-order valence-corrected chi connectivity index (χ3v) is 6.72. The van der Waals surface area contributed by atoms with Crippen LogP contribution in [0.4, 0.5) is 5.69 Å². The van der Waals surface area contributed by atoms with Crippen molar-refractivity contribution in [1.29, 1.82) is 0 Å². The number of para-hydroxylation sites is 1. The van der Waals surface area contributed by atoms with Crippen molar-refractivity contribution in [2.24, 2.45) is 9.98 Å². The molecule has 0 saturated carbocycles. The summed E-state index contributed by atoms with van der Waals surface area (Å²) in [6.45, 7) is 7.55. The number of nitrogens with zero attached hydrogens (tertiary/aromatic N) is 5. The zero-order valence-electron chi connectivity index (χ0n) is 16.6. The van der Waals surface area contributed by atoms with Gasteiger partial charge in [-0.25, -0.2) is 4.99 Å². The molecule has 2 aromatic rings. The number of aromatic nitrogens is 1. The van der Waals surface area contributed by atoms with Gasteiger partial charge in [0.1, 0.15) is 10.9 Å². The summed E-state index contributed by atoms with van der Waals surface area (Å²) in [5.41, 5.74) is 3.30. The molecule has 0 bridgehead atoms. The van der Waals surface area contributed by atoms with Crippen molar-refractivity contribution in [1.82, 2.24) is 9.88 Å². The van der Waals surface area contributed by atoms with Crippen LogP contribution in [0, 0.1) is 6.92 Å². The van der Waals surface area contributed by atoms with Crippen LogP contribution in [-0.4, -0.2) is 58.0 Å². The Kier molecular flexibility index (Phi) is 4.62. The van der Waals surface area contributed by atoms with E-state index in [4.69, 9.17) is 4.99 Å². The molecule has 0 unspecified atom stereocenters. The minimum atomic E-state index is -0.397. The number of pyridine rings is 1. The fourth-order valence-corrected chi connectivity index (χ4v) is 5.04. The van der Waals surface area contributed by atoms with Gasteiger partial charge in [0.2, 0.25) is 0 Å². The summed E-state index contributed by atoms with van der Waals surface area (Å²) in [6, 6.07) is 10.1. The number of piperazine rings is 1. The van der Waals surface area contributed by atoms with Gasteiger partial charge in [0.15, 0.2) is 11.8 Å². The van der Waals surface area contributed by atoms with Crippen LogP contribution in [0.1, 0.15) is 19.0 Å². The maximum atomic E-state index is 12.5. The predicted octanol–water partition coefficient (Wildman–Crippen LogP) is 3.41. The second kappa shape index (κ2) is 7.30. The third-order valence-electron chi connectivity index (χ3n) is 5.56. The van der Waals surface area contributed by atoms with Gasteiger partial charge in [0.05, 0.1) is 10.6 Å². The van der Waals surface area contributed by atoms with Gasteiger partial charge in [-0.05, 0) is 25.5 Å². The molecule has 7 heteroatoms. The molecule has 3 aliphatic heterocycles. The van der Waals surface area contributed by atoms with E-state index in [0.29, 0.717) is 0 Å². The molecule has 1 fully saturated rings. The van der Waals surface area contributed by atoms with Crippen LogP contribution in [0.15, 0.2) is 52.2 Å². The Hall–Kier alpha value is -2.67. The highest BCUT2D eigenvalue weighted by Gasteiger charge is 2.35. The van der Waals surface area contributed by atoms with Crippen molar-refractivity contribution in [3.63, 3.8) is 0 Å². The van der Waals surface area contributed by atoms with Crippen LogP contribution in [0.2, 0.25) is 0 Å². The standard InChI is InChI=1S/C22H23N5OS/c1-3-20-25-21-18(28)13-19(24-22(21)29-20)27-10-8-26(9-11-27)17-12-14(2)23-16-7-5-4-6-15(16)17/h4-7,12-13,21H,3,8-11H2,1-2H3/t21-/m1/s1. The molecule has 0 aliphatic carbocycles. The fourth-order valence-electron chi connectivity index (χ4n) is 4.07. The second-order valence-corrected chi connectivity index (χ2v) is 8.60. The molecule has 4 heterocycles. The van der Waals surface area contributed by atoms with Gasteiger partial charge in [-0.2, -0.15) is 0 Å². The SMILES string of the molecule is CCC1=N[C@@H]2C(=O)C=C(N3CCN(c4cc(C)nc5ccccc45)CC3)N=C2S1. The molecule has 29 heavy (non-hydrogen) atoms. The topological polar surface area (TPSA) is 61.2 Å². The zero-order valence-corrected chi connectivity index (χ0v) is 17.4. The lowest BCUT2D eigenvalue weighted by Crippen LogP contribution is -2.46. The summed E-state index contributed by atoms with van der Waals surface area (Å²) < 4.78 is 0. The van der Waals surface area contributed by atoms with Crippen molar-refractivity contribution in [2.75, 3.05) is 31.1 Å². The molecule has 6 nitrogen and oxygen atoms in total. The number of carbonyl (C=O) groups is 1. The Balaban J connectivity index is 1.34.